The van der Waals surface area contributed by atoms with Gasteiger partial charge < -0.3 is 25.2 Å². The molecule has 0 spiro atoms. The molecule has 0 fully saturated rings. The number of phenolic OH excluding ortho intramolecular Hbond substituents is 1. The minimum Gasteiger partial charge on any atom is -0.508 e. The highest BCUT2D eigenvalue weighted by Crippen LogP contribution is 2.65. The first-order chi connectivity index (χ1) is 21.1. The molecule has 4 aliphatic carbocycles. The maximum Gasteiger partial charge on any atom is 0.203 e. The van der Waals surface area contributed by atoms with Crippen molar-refractivity contribution in [1.82, 2.24) is 0 Å². The van der Waals surface area contributed by atoms with Gasteiger partial charge in [-0.25, -0.2) is 0 Å². The van der Waals surface area contributed by atoms with Gasteiger partial charge in [0.05, 0.1) is 24.4 Å². The van der Waals surface area contributed by atoms with E-state index in [-0.39, 0.29) is 28.9 Å². The maximum absolute atomic E-state index is 14.4. The first kappa shape index (κ1) is 30.8. The number of ketones is 2. The van der Waals surface area contributed by atoms with Crippen molar-refractivity contribution in [2.24, 2.45) is 10.8 Å². The fraction of sp³-hybridized carbons (Fsp3) is 0.368. The summed E-state index contributed by atoms with van der Waals surface area (Å²) >= 11 is 0. The summed E-state index contributed by atoms with van der Waals surface area (Å²) < 4.78 is 5.26. The Morgan fingerprint density at radius 3 is 2.38 bits per heavy atom. The highest BCUT2D eigenvalue weighted by Gasteiger charge is 2.72. The van der Waals surface area contributed by atoms with Gasteiger partial charge in [0.1, 0.15) is 17.3 Å². The van der Waals surface area contributed by atoms with Gasteiger partial charge in [-0.15, -0.1) is 0 Å². The molecule has 0 aromatic heterocycles. The number of fused-ring (bicyclic) bond motifs is 3. The second kappa shape index (κ2) is 10.2. The number of hydrogen-bond acceptors (Lipinski definition) is 7. The number of aromatic hydroxyl groups is 1. The minimum atomic E-state index is -2.55. The van der Waals surface area contributed by atoms with E-state index in [1.807, 2.05) is 43.3 Å². The summed E-state index contributed by atoms with van der Waals surface area (Å²) in [6, 6.07) is 11.4. The highest BCUT2D eigenvalue weighted by atomic mass is 16.5. The zero-order chi connectivity index (χ0) is 32.8. The second-order valence-electron chi connectivity index (χ2n) is 13.6. The summed E-state index contributed by atoms with van der Waals surface area (Å²) in [6.45, 7) is 12.4. The monoisotopic (exact) mass is 608 g/mol. The Bertz CT molecular complexity index is 1820. The Morgan fingerprint density at radius 1 is 1.09 bits per heavy atom. The van der Waals surface area contributed by atoms with Crippen LogP contribution < -0.4 is 4.74 Å². The Hall–Kier alpha value is -4.20. The van der Waals surface area contributed by atoms with Gasteiger partial charge in [0.25, 0.3) is 0 Å². The van der Waals surface area contributed by atoms with E-state index in [2.05, 4.69) is 18.7 Å². The van der Waals surface area contributed by atoms with E-state index in [1.165, 1.54) is 0 Å². The molecule has 0 saturated carbocycles. The number of benzene rings is 2. The molecular formula is C38H40O7. The Morgan fingerprint density at radius 2 is 1.76 bits per heavy atom. The lowest BCUT2D eigenvalue weighted by Crippen LogP contribution is -2.70. The average molecular weight is 609 g/mol. The Labute approximate surface area is 263 Å². The summed E-state index contributed by atoms with van der Waals surface area (Å²) in [5.41, 5.74) is -0.101. The van der Waals surface area contributed by atoms with Gasteiger partial charge in [-0.1, -0.05) is 74.9 Å². The van der Waals surface area contributed by atoms with E-state index in [0.29, 0.717) is 35.1 Å². The van der Waals surface area contributed by atoms with Crippen molar-refractivity contribution in [2.75, 3.05) is 7.11 Å². The number of carbonyl (C=O) groups is 2. The predicted octanol–water partition coefficient (Wildman–Crippen LogP) is 6.45. The molecule has 0 aliphatic heterocycles. The molecule has 6 rings (SSSR count). The SMILES string of the molecule is C=C(C)C1=C(C)C[C@@]2(C)[C@H](O)[C@]3(C)C(=C(O)[C@@]2(O)C1=O)C(=O)c1c(ccc(CC2=CC(c4ccc(OC)cc4)=CC2)c1O)[C@H]3C. The van der Waals surface area contributed by atoms with Crippen LogP contribution >= 0.6 is 0 Å². The van der Waals surface area contributed by atoms with Crippen LogP contribution in [0.25, 0.3) is 5.57 Å². The number of Topliss-reactive ketones (excluding diaryl/α,β-unsaturated/α-hetero) is 2. The molecule has 234 valence electrons. The molecule has 0 heterocycles. The first-order valence-electron chi connectivity index (χ1n) is 15.3. The van der Waals surface area contributed by atoms with Crippen LogP contribution in [0.15, 0.2) is 88.8 Å². The number of rotatable bonds is 5. The molecular weight excluding hydrogens is 568 g/mol. The molecule has 0 amide bonds. The topological polar surface area (TPSA) is 124 Å². The summed E-state index contributed by atoms with van der Waals surface area (Å²) in [6.07, 6.45) is 4.01. The van der Waals surface area contributed by atoms with Crippen LogP contribution in [-0.2, 0) is 11.2 Å². The number of aliphatic hydroxyl groups excluding tert-OH is 2. The summed E-state index contributed by atoms with van der Waals surface area (Å²) in [5, 5.41) is 47.7. The van der Waals surface area contributed by atoms with Gasteiger partial charge in [-0.3, -0.25) is 9.59 Å². The number of hydrogen-bond donors (Lipinski definition) is 4. The number of aliphatic hydroxyl groups is 3. The molecule has 5 atom stereocenters. The van der Waals surface area contributed by atoms with Crippen LogP contribution in [0.2, 0.25) is 0 Å². The van der Waals surface area contributed by atoms with E-state index in [4.69, 9.17) is 4.74 Å². The summed E-state index contributed by atoms with van der Waals surface area (Å²) in [5.74, 6) is -2.22. The van der Waals surface area contributed by atoms with Crippen LogP contribution in [0.4, 0.5) is 0 Å². The van der Waals surface area contributed by atoms with Crippen molar-refractivity contribution < 1.29 is 34.8 Å². The zero-order valence-corrected chi connectivity index (χ0v) is 26.6. The molecule has 45 heavy (non-hydrogen) atoms. The van der Waals surface area contributed by atoms with Gasteiger partial charge in [0.15, 0.2) is 11.4 Å². The van der Waals surface area contributed by atoms with Crippen LogP contribution in [-0.4, -0.2) is 50.8 Å². The third-order valence-corrected chi connectivity index (χ3v) is 11.1. The molecule has 2 aromatic carbocycles. The largest absolute Gasteiger partial charge is 0.508 e. The van der Waals surface area contributed by atoms with Crippen LogP contribution in [0.1, 0.15) is 80.4 Å². The van der Waals surface area contributed by atoms with E-state index in [1.54, 1.807) is 34.8 Å². The predicted molar refractivity (Wildman–Crippen MR) is 172 cm³/mol. The smallest absolute Gasteiger partial charge is 0.203 e. The van der Waals surface area contributed by atoms with Crippen molar-refractivity contribution in [3.05, 3.63) is 111 Å². The van der Waals surface area contributed by atoms with Gasteiger partial charge in [-0.05, 0) is 79.0 Å². The van der Waals surface area contributed by atoms with Crippen molar-refractivity contribution in [3.63, 3.8) is 0 Å². The van der Waals surface area contributed by atoms with Crippen LogP contribution in [0, 0.1) is 10.8 Å². The fourth-order valence-corrected chi connectivity index (χ4v) is 8.44. The lowest BCUT2D eigenvalue weighted by atomic mass is 9.44. The molecule has 2 aromatic rings. The van der Waals surface area contributed by atoms with Crippen molar-refractivity contribution in [3.8, 4) is 11.5 Å². The Balaban J connectivity index is 1.43. The standard InChI is InChI=1S/C38H40O7/c1-19(2)28-20(3)18-36(5)35(43)37(6)21(4)27-15-12-25(17-22-8-9-24(16-22)23-10-13-26(45-7)14-11-23)31(39)29(27)32(40)30(37)34(42)38(36,44)33(28)41/h9-16,21,35,39,42-44H,1,8,17-18H2,2-7H3/t21-,35+,36+,37+,38+/m1/s1. The number of carbonyl (C=O) groups excluding carboxylic acids is 2. The third-order valence-electron chi connectivity index (χ3n) is 11.1. The highest BCUT2D eigenvalue weighted by molar-refractivity contribution is 6.17. The van der Waals surface area contributed by atoms with Gasteiger partial charge in [0, 0.05) is 16.4 Å². The van der Waals surface area contributed by atoms with E-state index in [0.717, 1.165) is 22.5 Å². The molecule has 0 radical (unpaired) electrons. The normalized spacial score (nSPS) is 30.8. The van der Waals surface area contributed by atoms with Crippen LogP contribution in [0.3, 0.4) is 0 Å². The van der Waals surface area contributed by atoms with Gasteiger partial charge in [-0.2, -0.15) is 0 Å². The molecule has 7 heteroatoms. The molecule has 4 N–H and O–H groups in total. The first-order valence-corrected chi connectivity index (χ1v) is 15.3. The van der Waals surface area contributed by atoms with Gasteiger partial charge >= 0.3 is 0 Å². The number of methoxy groups -OCH3 is 1. The zero-order valence-electron chi connectivity index (χ0n) is 26.6. The third kappa shape index (κ3) is 3.96. The molecule has 7 nitrogen and oxygen atoms in total. The Kier molecular flexibility index (Phi) is 6.96. The number of ether oxygens (including phenoxy) is 1. The van der Waals surface area contributed by atoms with Gasteiger partial charge in [0.2, 0.25) is 5.78 Å². The molecule has 0 saturated heterocycles. The fourth-order valence-electron chi connectivity index (χ4n) is 8.44. The van der Waals surface area contributed by atoms with Crippen molar-refractivity contribution in [2.45, 2.75) is 71.5 Å². The lowest BCUT2D eigenvalue weighted by molar-refractivity contribution is -0.188. The molecule has 0 unspecified atom stereocenters. The minimum absolute atomic E-state index is 0.0236. The van der Waals surface area contributed by atoms with Crippen molar-refractivity contribution >= 4 is 17.1 Å². The average Bonchev–Trinajstić information content (AvgIpc) is 3.47. The van der Waals surface area contributed by atoms with E-state index in [9.17, 15) is 30.0 Å². The van der Waals surface area contributed by atoms with Crippen molar-refractivity contribution in [1.29, 1.82) is 0 Å². The molecule has 4 aliphatic rings. The van der Waals surface area contributed by atoms with E-state index >= 15 is 0 Å². The summed E-state index contributed by atoms with van der Waals surface area (Å²) in [7, 11) is 1.62. The molecule has 0 bridgehead atoms. The number of phenols is 1. The summed E-state index contributed by atoms with van der Waals surface area (Å²) in [4.78, 5) is 28.3. The maximum atomic E-state index is 14.4. The second-order valence-corrected chi connectivity index (χ2v) is 13.6. The van der Waals surface area contributed by atoms with Crippen LogP contribution in [0.5, 0.6) is 11.5 Å². The van der Waals surface area contributed by atoms with E-state index < -0.39 is 45.8 Å². The lowest BCUT2D eigenvalue weighted by Gasteiger charge is -2.61. The quantitative estimate of drug-likeness (QED) is 0.307. The number of allylic oxidation sites excluding steroid dienone is 6.